The van der Waals surface area contributed by atoms with Gasteiger partial charge in [0.1, 0.15) is 29.9 Å². The zero-order valence-electron chi connectivity index (χ0n) is 24.6. The van der Waals surface area contributed by atoms with E-state index >= 15 is 0 Å². The molecule has 0 aromatic heterocycles. The van der Waals surface area contributed by atoms with E-state index in [9.17, 15) is 22.4 Å². The molecule has 1 atom stereocenters. The lowest BCUT2D eigenvalue weighted by Crippen LogP contribution is -2.53. The fourth-order valence-electron chi connectivity index (χ4n) is 4.73. The minimum Gasteiger partial charge on any atom is -0.497 e. The van der Waals surface area contributed by atoms with Gasteiger partial charge in [0, 0.05) is 26.1 Å². The van der Waals surface area contributed by atoms with E-state index in [1.165, 1.54) is 68.6 Å². The largest absolute Gasteiger partial charge is 0.497 e. The molecular formula is C33H34FN3O6S. The zero-order chi connectivity index (χ0) is 31.7. The number of benzene rings is 4. The van der Waals surface area contributed by atoms with Gasteiger partial charge in [-0.3, -0.25) is 13.9 Å². The molecule has 230 valence electrons. The zero-order valence-corrected chi connectivity index (χ0v) is 25.5. The van der Waals surface area contributed by atoms with Crippen LogP contribution in [0.5, 0.6) is 11.5 Å². The van der Waals surface area contributed by atoms with Gasteiger partial charge in [-0.15, -0.1) is 0 Å². The summed E-state index contributed by atoms with van der Waals surface area (Å²) >= 11 is 0. The van der Waals surface area contributed by atoms with Crippen LogP contribution < -0.4 is 19.1 Å². The van der Waals surface area contributed by atoms with Crippen molar-refractivity contribution in [2.45, 2.75) is 23.9 Å². The van der Waals surface area contributed by atoms with Crippen molar-refractivity contribution in [2.24, 2.45) is 0 Å². The molecule has 0 bridgehead atoms. The molecule has 4 aromatic carbocycles. The van der Waals surface area contributed by atoms with Crippen LogP contribution in [0.1, 0.15) is 11.1 Å². The van der Waals surface area contributed by atoms with Crippen molar-refractivity contribution in [1.82, 2.24) is 10.2 Å². The van der Waals surface area contributed by atoms with Crippen molar-refractivity contribution in [3.63, 3.8) is 0 Å². The third-order valence-electron chi connectivity index (χ3n) is 7.05. The molecule has 0 fully saturated rings. The molecule has 9 nitrogen and oxygen atoms in total. The Balaban J connectivity index is 1.84. The molecule has 1 N–H and O–H groups in total. The lowest BCUT2D eigenvalue weighted by molar-refractivity contribution is -0.139. The molecule has 11 heteroatoms. The molecule has 0 heterocycles. The number of likely N-dealkylation sites (N-methyl/N-ethyl adjacent to an activating group) is 1. The van der Waals surface area contributed by atoms with Gasteiger partial charge in [0.2, 0.25) is 11.8 Å². The Labute approximate surface area is 256 Å². The number of carbonyl (C=O) groups is 2. The highest BCUT2D eigenvalue weighted by atomic mass is 32.2. The molecule has 4 aromatic rings. The summed E-state index contributed by atoms with van der Waals surface area (Å²) in [4.78, 5) is 29.0. The maximum absolute atomic E-state index is 14.4. The summed E-state index contributed by atoms with van der Waals surface area (Å²) in [5, 5.41) is 2.63. The van der Waals surface area contributed by atoms with Gasteiger partial charge in [-0.25, -0.2) is 12.8 Å². The standard InChI is InChI=1S/C33H34FN3O6S/c1-35-33(39)30(20-24-10-6-4-7-11-24)36(22-25-14-16-26(34)17-15-25)32(38)23-37(44(40,41)28-12-8-5-9-13-28)29-21-27(42-2)18-19-31(29)43-3/h4-19,21,30H,20,22-23H2,1-3H3,(H,35,39)/t30-/m1/s1. The van der Waals surface area contributed by atoms with Gasteiger partial charge in [0.05, 0.1) is 24.8 Å². The Kier molecular flexibility index (Phi) is 10.6. The number of nitrogens with zero attached hydrogens (tertiary/aromatic N) is 2. The number of rotatable bonds is 13. The van der Waals surface area contributed by atoms with Crippen molar-refractivity contribution in [1.29, 1.82) is 0 Å². The number of halogens is 1. The number of hydrogen-bond donors (Lipinski definition) is 1. The van der Waals surface area contributed by atoms with Crippen molar-refractivity contribution in [2.75, 3.05) is 32.1 Å². The maximum Gasteiger partial charge on any atom is 0.264 e. The number of sulfonamides is 1. The molecule has 0 unspecified atom stereocenters. The molecular weight excluding hydrogens is 585 g/mol. The molecule has 0 radical (unpaired) electrons. The van der Waals surface area contributed by atoms with Gasteiger partial charge in [-0.2, -0.15) is 0 Å². The fraction of sp³-hybridized carbons (Fsp3) is 0.212. The topological polar surface area (TPSA) is 105 Å². The number of hydrogen-bond acceptors (Lipinski definition) is 6. The van der Waals surface area contributed by atoms with E-state index in [1.54, 1.807) is 30.3 Å². The smallest absolute Gasteiger partial charge is 0.264 e. The highest BCUT2D eigenvalue weighted by Crippen LogP contribution is 2.36. The van der Waals surface area contributed by atoms with Gasteiger partial charge in [-0.1, -0.05) is 60.7 Å². The van der Waals surface area contributed by atoms with Gasteiger partial charge in [0.25, 0.3) is 10.0 Å². The summed E-state index contributed by atoms with van der Waals surface area (Å²) in [5.41, 5.74) is 1.42. The minimum atomic E-state index is -4.33. The molecule has 44 heavy (non-hydrogen) atoms. The second kappa shape index (κ2) is 14.5. The van der Waals surface area contributed by atoms with Crippen LogP contribution >= 0.6 is 0 Å². The first-order chi connectivity index (χ1) is 21.2. The second-order valence-electron chi connectivity index (χ2n) is 9.83. The lowest BCUT2D eigenvalue weighted by atomic mass is 10.0. The van der Waals surface area contributed by atoms with Crippen LogP contribution in [0, 0.1) is 5.82 Å². The molecule has 0 saturated heterocycles. The summed E-state index contributed by atoms with van der Waals surface area (Å²) in [6.45, 7) is -0.761. The Morgan fingerprint density at radius 3 is 2.07 bits per heavy atom. The predicted octanol–water partition coefficient (Wildman–Crippen LogP) is 4.42. The normalized spacial score (nSPS) is 11.7. The molecule has 2 amide bonds. The van der Waals surface area contributed by atoms with Crippen LogP contribution in [0.15, 0.2) is 108 Å². The average Bonchev–Trinajstić information content (AvgIpc) is 3.06. The molecule has 0 aliphatic rings. The van der Waals surface area contributed by atoms with Gasteiger partial charge in [0.15, 0.2) is 0 Å². The quantitative estimate of drug-likeness (QED) is 0.238. The third kappa shape index (κ3) is 7.54. The molecule has 0 saturated carbocycles. The fourth-order valence-corrected chi connectivity index (χ4v) is 6.17. The van der Waals surface area contributed by atoms with E-state index in [0.717, 1.165) is 9.87 Å². The summed E-state index contributed by atoms with van der Waals surface area (Å²) in [7, 11) is -0.0317. The maximum atomic E-state index is 14.4. The first-order valence-corrected chi connectivity index (χ1v) is 15.2. The van der Waals surface area contributed by atoms with Crippen LogP contribution in [0.3, 0.4) is 0 Å². The Morgan fingerprint density at radius 1 is 0.841 bits per heavy atom. The van der Waals surface area contributed by atoms with Gasteiger partial charge in [-0.05, 0) is 47.5 Å². The number of methoxy groups -OCH3 is 2. The van der Waals surface area contributed by atoms with Crippen LogP contribution in [-0.2, 0) is 32.6 Å². The number of nitrogens with one attached hydrogen (secondary N) is 1. The molecule has 4 rings (SSSR count). The van der Waals surface area contributed by atoms with Crippen LogP contribution in [-0.4, -0.2) is 59.0 Å². The Hall–Kier alpha value is -4.90. The summed E-state index contributed by atoms with van der Waals surface area (Å²) in [6.07, 6.45) is 0.154. The summed E-state index contributed by atoms with van der Waals surface area (Å²) in [6, 6.07) is 26.0. The highest BCUT2D eigenvalue weighted by molar-refractivity contribution is 7.92. The van der Waals surface area contributed by atoms with Crippen molar-refractivity contribution in [3.05, 3.63) is 120 Å². The van der Waals surface area contributed by atoms with E-state index in [4.69, 9.17) is 9.47 Å². The van der Waals surface area contributed by atoms with E-state index in [1.807, 2.05) is 30.3 Å². The minimum absolute atomic E-state index is 0.0464. The van der Waals surface area contributed by atoms with Crippen molar-refractivity contribution >= 4 is 27.5 Å². The van der Waals surface area contributed by atoms with Gasteiger partial charge < -0.3 is 19.7 Å². The second-order valence-corrected chi connectivity index (χ2v) is 11.7. The number of ether oxygens (including phenoxy) is 2. The lowest BCUT2D eigenvalue weighted by Gasteiger charge is -2.34. The monoisotopic (exact) mass is 619 g/mol. The van der Waals surface area contributed by atoms with E-state index in [2.05, 4.69) is 5.32 Å². The number of amides is 2. The van der Waals surface area contributed by atoms with Crippen LogP contribution in [0.25, 0.3) is 0 Å². The average molecular weight is 620 g/mol. The first kappa shape index (κ1) is 32.0. The number of anilines is 1. The van der Waals surface area contributed by atoms with Crippen molar-refractivity contribution < 1.29 is 31.9 Å². The summed E-state index contributed by atoms with van der Waals surface area (Å²) in [5.74, 6) is -1.03. The van der Waals surface area contributed by atoms with E-state index in [-0.39, 0.29) is 29.3 Å². The van der Waals surface area contributed by atoms with Gasteiger partial charge >= 0.3 is 0 Å². The van der Waals surface area contributed by atoms with Crippen LogP contribution in [0.2, 0.25) is 0 Å². The highest BCUT2D eigenvalue weighted by Gasteiger charge is 2.35. The van der Waals surface area contributed by atoms with Crippen LogP contribution in [0.4, 0.5) is 10.1 Å². The van der Waals surface area contributed by atoms with E-state index in [0.29, 0.717) is 11.3 Å². The Bertz CT molecular complexity index is 1670. The first-order valence-electron chi connectivity index (χ1n) is 13.8. The van der Waals surface area contributed by atoms with Crippen molar-refractivity contribution in [3.8, 4) is 11.5 Å². The third-order valence-corrected chi connectivity index (χ3v) is 8.82. The number of carbonyl (C=O) groups excluding carboxylic acids is 2. The molecule has 0 aliphatic carbocycles. The molecule has 0 spiro atoms. The van der Waals surface area contributed by atoms with E-state index < -0.39 is 40.2 Å². The Morgan fingerprint density at radius 2 is 1.48 bits per heavy atom. The predicted molar refractivity (Wildman–Crippen MR) is 165 cm³/mol. The SMILES string of the molecule is CNC(=O)[C@@H](Cc1ccccc1)N(Cc1ccc(F)cc1)C(=O)CN(c1cc(OC)ccc1OC)S(=O)(=O)c1ccccc1. The molecule has 0 aliphatic heterocycles. The summed E-state index contributed by atoms with van der Waals surface area (Å²) < 4.78 is 53.9.